The van der Waals surface area contributed by atoms with E-state index in [1.54, 1.807) is 6.07 Å². The average molecular weight is 287 g/mol. The molecule has 0 fully saturated rings. The number of carboxylic acid groups (broad SMARTS) is 1. The summed E-state index contributed by atoms with van der Waals surface area (Å²) in [5.74, 6) is -1.75. The zero-order valence-electron chi connectivity index (χ0n) is 10.2. The summed E-state index contributed by atoms with van der Waals surface area (Å²) in [6, 6.07) is 4.09. The van der Waals surface area contributed by atoms with Crippen molar-refractivity contribution in [3.05, 3.63) is 29.6 Å². The lowest BCUT2D eigenvalue weighted by atomic mass is 10.2. The van der Waals surface area contributed by atoms with E-state index in [0.29, 0.717) is 12.1 Å². The van der Waals surface area contributed by atoms with Crippen molar-refractivity contribution in [1.82, 2.24) is 0 Å². The van der Waals surface area contributed by atoms with E-state index < -0.39 is 21.8 Å². The van der Waals surface area contributed by atoms with Gasteiger partial charge in [-0.05, 0) is 30.5 Å². The number of halogens is 1. The van der Waals surface area contributed by atoms with Crippen molar-refractivity contribution in [3.63, 3.8) is 0 Å². The van der Waals surface area contributed by atoms with Crippen LogP contribution in [0.5, 0.6) is 0 Å². The van der Waals surface area contributed by atoms with Gasteiger partial charge in [-0.15, -0.1) is 0 Å². The molecule has 0 saturated carbocycles. The number of sulfonamides is 1. The van der Waals surface area contributed by atoms with Crippen molar-refractivity contribution in [2.45, 2.75) is 19.3 Å². The van der Waals surface area contributed by atoms with Crippen LogP contribution >= 0.6 is 0 Å². The molecule has 0 saturated heterocycles. The molecule has 1 aliphatic rings. The summed E-state index contributed by atoms with van der Waals surface area (Å²) in [5, 5.41) is 8.51. The molecule has 1 aromatic carbocycles. The molecule has 0 aliphatic carbocycles. The topological polar surface area (TPSA) is 74.7 Å². The Labute approximate surface area is 110 Å². The quantitative estimate of drug-likeness (QED) is 0.888. The Hall–Kier alpha value is -1.63. The zero-order valence-corrected chi connectivity index (χ0v) is 11.0. The number of nitrogens with zero attached hydrogens (tertiary/aromatic N) is 1. The van der Waals surface area contributed by atoms with Crippen LogP contribution in [0.2, 0.25) is 0 Å². The number of carbonyl (C=O) groups is 1. The smallest absolute Gasteiger partial charge is 0.303 e. The number of aliphatic carboxylic acids is 1. The summed E-state index contributed by atoms with van der Waals surface area (Å²) < 4.78 is 38.6. The van der Waals surface area contributed by atoms with Crippen molar-refractivity contribution in [1.29, 1.82) is 0 Å². The highest BCUT2D eigenvalue weighted by Gasteiger charge is 2.29. The number of carboxylic acids is 1. The highest BCUT2D eigenvalue weighted by Crippen LogP contribution is 2.31. The zero-order chi connectivity index (χ0) is 14.0. The molecule has 1 N–H and O–H groups in total. The van der Waals surface area contributed by atoms with Crippen LogP contribution in [-0.2, 0) is 21.2 Å². The van der Waals surface area contributed by atoms with Gasteiger partial charge >= 0.3 is 5.97 Å². The molecule has 1 aromatic rings. The van der Waals surface area contributed by atoms with Crippen LogP contribution < -0.4 is 4.31 Å². The Morgan fingerprint density at radius 3 is 2.84 bits per heavy atom. The molecule has 104 valence electrons. The molecule has 0 amide bonds. The van der Waals surface area contributed by atoms with E-state index in [1.807, 2.05) is 0 Å². The van der Waals surface area contributed by atoms with Crippen LogP contribution in [0.15, 0.2) is 18.2 Å². The summed E-state index contributed by atoms with van der Waals surface area (Å²) >= 11 is 0. The van der Waals surface area contributed by atoms with Crippen molar-refractivity contribution in [3.8, 4) is 0 Å². The molecule has 0 radical (unpaired) electrons. The molecule has 0 atom stereocenters. The van der Waals surface area contributed by atoms with Gasteiger partial charge in [0.2, 0.25) is 10.0 Å². The van der Waals surface area contributed by atoms with Gasteiger partial charge in [-0.1, -0.05) is 6.07 Å². The lowest BCUT2D eigenvalue weighted by molar-refractivity contribution is -0.137. The minimum absolute atomic E-state index is 0.0544. The fourth-order valence-corrected chi connectivity index (χ4v) is 3.70. The third kappa shape index (κ3) is 3.04. The second kappa shape index (κ2) is 5.16. The fourth-order valence-electron chi connectivity index (χ4n) is 2.13. The molecule has 7 heteroatoms. The molecule has 0 bridgehead atoms. The molecule has 0 aromatic heterocycles. The van der Waals surface area contributed by atoms with Gasteiger partial charge in [-0.3, -0.25) is 9.10 Å². The predicted octanol–water partition coefficient (Wildman–Crippen LogP) is 1.38. The van der Waals surface area contributed by atoms with Crippen LogP contribution in [-0.4, -0.2) is 31.8 Å². The Bertz CT molecular complexity index is 600. The maximum Gasteiger partial charge on any atom is 0.303 e. The molecular weight excluding hydrogens is 273 g/mol. The van der Waals surface area contributed by atoms with Gasteiger partial charge in [-0.25, -0.2) is 12.8 Å². The van der Waals surface area contributed by atoms with Crippen LogP contribution in [0.4, 0.5) is 10.1 Å². The Balaban J connectivity index is 2.16. The summed E-state index contributed by atoms with van der Waals surface area (Å²) in [6.07, 6.45) is 0.412. The molecule has 5 nitrogen and oxygen atoms in total. The predicted molar refractivity (Wildman–Crippen MR) is 68.1 cm³/mol. The van der Waals surface area contributed by atoms with E-state index in [0.717, 1.165) is 5.56 Å². The Morgan fingerprint density at radius 2 is 2.16 bits per heavy atom. The first-order valence-corrected chi connectivity index (χ1v) is 7.52. The second-order valence-corrected chi connectivity index (χ2v) is 6.42. The minimum atomic E-state index is -3.58. The van der Waals surface area contributed by atoms with Crippen molar-refractivity contribution in [2.75, 3.05) is 16.6 Å². The number of hydrogen-bond acceptors (Lipinski definition) is 3. The molecule has 1 aliphatic heterocycles. The van der Waals surface area contributed by atoms with Crippen LogP contribution in [0.1, 0.15) is 18.4 Å². The van der Waals surface area contributed by atoms with E-state index >= 15 is 0 Å². The van der Waals surface area contributed by atoms with Crippen LogP contribution in [0.3, 0.4) is 0 Å². The van der Waals surface area contributed by atoms with Gasteiger partial charge < -0.3 is 5.11 Å². The van der Waals surface area contributed by atoms with Crippen molar-refractivity contribution < 1.29 is 22.7 Å². The largest absolute Gasteiger partial charge is 0.481 e. The first-order chi connectivity index (χ1) is 8.90. The first kappa shape index (κ1) is 13.8. The lowest BCUT2D eigenvalue weighted by Gasteiger charge is -2.19. The van der Waals surface area contributed by atoms with Gasteiger partial charge in [0.25, 0.3) is 0 Å². The van der Waals surface area contributed by atoms with E-state index in [-0.39, 0.29) is 25.1 Å². The molecular formula is C12H14FNO4S. The summed E-state index contributed by atoms with van der Waals surface area (Å²) in [4.78, 5) is 10.4. The SMILES string of the molecule is O=C(O)CCCS(=O)(=O)N1CCc2ccc(F)cc21. The number of hydrogen-bond donors (Lipinski definition) is 1. The summed E-state index contributed by atoms with van der Waals surface area (Å²) in [6.45, 7) is 0.286. The Kier molecular flexibility index (Phi) is 3.75. The highest BCUT2D eigenvalue weighted by atomic mass is 32.2. The van der Waals surface area contributed by atoms with E-state index in [4.69, 9.17) is 5.11 Å². The average Bonchev–Trinajstić information content (AvgIpc) is 2.71. The normalized spacial score (nSPS) is 14.5. The maximum atomic E-state index is 13.2. The van der Waals surface area contributed by atoms with Gasteiger partial charge in [0.15, 0.2) is 0 Å². The third-order valence-corrected chi connectivity index (χ3v) is 4.88. The minimum Gasteiger partial charge on any atom is -0.481 e. The standard InChI is InChI=1S/C12H14FNO4S/c13-10-4-3-9-5-6-14(11(9)8-10)19(17,18)7-1-2-12(15)16/h3-4,8H,1-2,5-7H2,(H,15,16). The van der Waals surface area contributed by atoms with Crippen molar-refractivity contribution in [2.24, 2.45) is 0 Å². The van der Waals surface area contributed by atoms with E-state index in [2.05, 4.69) is 0 Å². The highest BCUT2D eigenvalue weighted by molar-refractivity contribution is 7.92. The monoisotopic (exact) mass is 287 g/mol. The second-order valence-electron chi connectivity index (χ2n) is 4.41. The van der Waals surface area contributed by atoms with Gasteiger partial charge in [0.05, 0.1) is 11.4 Å². The fraction of sp³-hybridized carbons (Fsp3) is 0.417. The third-order valence-electron chi connectivity index (χ3n) is 3.03. The van der Waals surface area contributed by atoms with E-state index in [9.17, 15) is 17.6 Å². The van der Waals surface area contributed by atoms with Gasteiger partial charge in [0.1, 0.15) is 5.82 Å². The molecule has 1 heterocycles. The van der Waals surface area contributed by atoms with Gasteiger partial charge in [-0.2, -0.15) is 0 Å². The molecule has 19 heavy (non-hydrogen) atoms. The summed E-state index contributed by atoms with van der Waals surface area (Å²) in [7, 11) is -3.58. The number of benzene rings is 1. The van der Waals surface area contributed by atoms with Gasteiger partial charge in [0, 0.05) is 13.0 Å². The van der Waals surface area contributed by atoms with Crippen LogP contribution in [0.25, 0.3) is 0 Å². The van der Waals surface area contributed by atoms with E-state index in [1.165, 1.54) is 16.4 Å². The summed E-state index contributed by atoms with van der Waals surface area (Å²) in [5.41, 5.74) is 1.17. The Morgan fingerprint density at radius 1 is 1.42 bits per heavy atom. The number of rotatable bonds is 5. The first-order valence-electron chi connectivity index (χ1n) is 5.91. The lowest BCUT2D eigenvalue weighted by Crippen LogP contribution is -2.31. The molecule has 0 unspecified atom stereocenters. The van der Waals surface area contributed by atoms with Crippen molar-refractivity contribution >= 4 is 21.7 Å². The number of anilines is 1. The molecule has 0 spiro atoms. The number of fused-ring (bicyclic) bond motifs is 1. The van der Waals surface area contributed by atoms with Crippen LogP contribution in [0, 0.1) is 5.82 Å². The maximum absolute atomic E-state index is 13.2. The molecule has 2 rings (SSSR count).